The molecule has 0 aliphatic carbocycles. The normalized spacial score (nSPS) is 11.7. The lowest BCUT2D eigenvalue weighted by Gasteiger charge is -2.10. The summed E-state index contributed by atoms with van der Waals surface area (Å²) in [6.45, 7) is 4.38. The van der Waals surface area contributed by atoms with Crippen molar-refractivity contribution in [3.05, 3.63) is 59.4 Å². The second-order valence-corrected chi connectivity index (χ2v) is 5.62. The summed E-state index contributed by atoms with van der Waals surface area (Å²) in [5.41, 5.74) is 1.38. The van der Waals surface area contributed by atoms with Crippen molar-refractivity contribution in [2.24, 2.45) is 0 Å². The number of alkyl halides is 3. The van der Waals surface area contributed by atoms with Gasteiger partial charge in [0.15, 0.2) is 0 Å². The summed E-state index contributed by atoms with van der Waals surface area (Å²) >= 11 is 0. The fraction of sp³-hybridized carbons (Fsp3) is 0.222. The number of carbonyl (C=O) groups is 1. The average Bonchev–Trinajstić information content (AvgIpc) is 2.87. The first-order chi connectivity index (χ1) is 11.8. The summed E-state index contributed by atoms with van der Waals surface area (Å²) in [6, 6.07) is 9.70. The second-order valence-electron chi connectivity index (χ2n) is 5.62. The molecule has 2 heterocycles. The predicted octanol–water partition coefficient (Wildman–Crippen LogP) is 4.64. The topological polar surface area (TPSA) is 46.9 Å². The highest BCUT2D eigenvalue weighted by Crippen LogP contribution is 2.29. The highest BCUT2D eigenvalue weighted by atomic mass is 19.4. The van der Waals surface area contributed by atoms with Crippen molar-refractivity contribution in [1.82, 2.24) is 9.55 Å². The van der Waals surface area contributed by atoms with Crippen LogP contribution in [0.1, 0.15) is 28.5 Å². The summed E-state index contributed by atoms with van der Waals surface area (Å²) in [5, 5.41) is 3.54. The monoisotopic (exact) mass is 347 g/mol. The summed E-state index contributed by atoms with van der Waals surface area (Å²) in [4.78, 5) is 16.4. The van der Waals surface area contributed by atoms with E-state index >= 15 is 0 Å². The van der Waals surface area contributed by atoms with Gasteiger partial charge in [0.1, 0.15) is 11.5 Å². The molecule has 0 atom stereocenters. The summed E-state index contributed by atoms with van der Waals surface area (Å²) < 4.78 is 39.6. The molecule has 7 heteroatoms. The van der Waals surface area contributed by atoms with Crippen molar-refractivity contribution in [1.29, 1.82) is 0 Å². The van der Waals surface area contributed by atoms with E-state index in [0.717, 1.165) is 28.6 Å². The van der Waals surface area contributed by atoms with Gasteiger partial charge in [0, 0.05) is 23.6 Å². The first-order valence-corrected chi connectivity index (χ1v) is 7.75. The molecule has 130 valence electrons. The largest absolute Gasteiger partial charge is 0.417 e. The predicted molar refractivity (Wildman–Crippen MR) is 89.5 cm³/mol. The van der Waals surface area contributed by atoms with Crippen molar-refractivity contribution in [2.75, 3.05) is 5.32 Å². The lowest BCUT2D eigenvalue weighted by molar-refractivity contribution is -0.137. The fourth-order valence-corrected chi connectivity index (χ4v) is 2.91. The Bertz CT molecular complexity index is 927. The number of para-hydroxylation sites is 1. The van der Waals surface area contributed by atoms with Crippen molar-refractivity contribution >= 4 is 22.6 Å². The van der Waals surface area contributed by atoms with Gasteiger partial charge in [-0.25, -0.2) is 4.98 Å². The van der Waals surface area contributed by atoms with Gasteiger partial charge in [0.25, 0.3) is 5.91 Å². The number of rotatable bonds is 3. The number of hydrogen-bond acceptors (Lipinski definition) is 2. The van der Waals surface area contributed by atoms with Crippen LogP contribution in [0.15, 0.2) is 42.6 Å². The van der Waals surface area contributed by atoms with Gasteiger partial charge in [0.05, 0.1) is 5.56 Å². The van der Waals surface area contributed by atoms with Gasteiger partial charge in [-0.2, -0.15) is 13.2 Å². The highest BCUT2D eigenvalue weighted by Gasteiger charge is 2.30. The van der Waals surface area contributed by atoms with Crippen molar-refractivity contribution in [2.45, 2.75) is 26.6 Å². The molecule has 1 amide bonds. The van der Waals surface area contributed by atoms with E-state index in [9.17, 15) is 18.0 Å². The number of carbonyl (C=O) groups excluding carboxylic acids is 1. The molecule has 0 aliphatic rings. The Balaban J connectivity index is 1.94. The number of pyridine rings is 1. The molecule has 2 aromatic heterocycles. The Morgan fingerprint density at radius 3 is 2.52 bits per heavy atom. The Morgan fingerprint density at radius 1 is 1.20 bits per heavy atom. The Morgan fingerprint density at radius 2 is 1.92 bits per heavy atom. The molecular weight excluding hydrogens is 331 g/mol. The molecule has 25 heavy (non-hydrogen) atoms. The molecule has 0 saturated carbocycles. The van der Waals surface area contributed by atoms with Gasteiger partial charge < -0.3 is 9.88 Å². The number of nitrogens with one attached hydrogen (secondary N) is 1. The van der Waals surface area contributed by atoms with Crippen LogP contribution < -0.4 is 5.32 Å². The molecule has 0 unspecified atom stereocenters. The first-order valence-electron chi connectivity index (χ1n) is 7.75. The number of hydrogen-bond donors (Lipinski definition) is 1. The molecule has 0 fully saturated rings. The summed E-state index contributed by atoms with van der Waals surface area (Å²) in [7, 11) is 0. The number of aryl methyl sites for hydroxylation is 2. The number of fused-ring (bicyclic) bond motifs is 1. The van der Waals surface area contributed by atoms with Crippen LogP contribution in [0.4, 0.5) is 19.0 Å². The van der Waals surface area contributed by atoms with Gasteiger partial charge in [0.2, 0.25) is 0 Å². The standard InChI is InChI=1S/C18H16F3N3O/c1-3-24-14-7-5-4-6-13(14)11(2)16(24)17(25)23-15-9-8-12(10-22-15)18(19,20)21/h4-10H,3H2,1-2H3,(H,22,23,25). The lowest BCUT2D eigenvalue weighted by atomic mass is 10.1. The van der Waals surface area contributed by atoms with E-state index in [2.05, 4.69) is 10.3 Å². The van der Waals surface area contributed by atoms with Crippen LogP contribution in [0.2, 0.25) is 0 Å². The van der Waals surface area contributed by atoms with Crippen LogP contribution in [0.25, 0.3) is 10.9 Å². The molecule has 0 saturated heterocycles. The fourth-order valence-electron chi connectivity index (χ4n) is 2.91. The maximum Gasteiger partial charge on any atom is 0.417 e. The number of halogens is 3. The Kier molecular flexibility index (Phi) is 4.24. The molecule has 3 rings (SSSR count). The Hall–Kier alpha value is -2.83. The molecule has 0 aliphatic heterocycles. The van der Waals surface area contributed by atoms with Crippen molar-refractivity contribution in [3.8, 4) is 0 Å². The smallest absolute Gasteiger partial charge is 0.337 e. The molecular formula is C18H16F3N3O. The van der Waals surface area contributed by atoms with Gasteiger partial charge in [-0.3, -0.25) is 4.79 Å². The average molecular weight is 347 g/mol. The van der Waals surface area contributed by atoms with Crippen LogP contribution in [0, 0.1) is 6.92 Å². The minimum Gasteiger partial charge on any atom is -0.337 e. The van der Waals surface area contributed by atoms with E-state index in [-0.39, 0.29) is 5.82 Å². The van der Waals surface area contributed by atoms with Crippen LogP contribution in [0.5, 0.6) is 0 Å². The maximum absolute atomic E-state index is 12.7. The number of anilines is 1. The van der Waals surface area contributed by atoms with Crippen LogP contribution in [-0.4, -0.2) is 15.5 Å². The quantitative estimate of drug-likeness (QED) is 0.750. The third-order valence-corrected chi connectivity index (χ3v) is 4.09. The van der Waals surface area contributed by atoms with E-state index in [4.69, 9.17) is 0 Å². The van der Waals surface area contributed by atoms with Gasteiger partial charge in [-0.15, -0.1) is 0 Å². The zero-order valence-electron chi connectivity index (χ0n) is 13.7. The van der Waals surface area contributed by atoms with E-state index < -0.39 is 17.6 Å². The van der Waals surface area contributed by atoms with Crippen LogP contribution in [-0.2, 0) is 12.7 Å². The minimum atomic E-state index is -4.46. The zero-order chi connectivity index (χ0) is 18.2. The third-order valence-electron chi connectivity index (χ3n) is 4.09. The van der Waals surface area contributed by atoms with Crippen molar-refractivity contribution in [3.63, 3.8) is 0 Å². The SMILES string of the molecule is CCn1c(C(=O)Nc2ccc(C(F)(F)F)cn2)c(C)c2ccccc21. The molecule has 0 bridgehead atoms. The molecule has 1 N–H and O–H groups in total. The van der Waals surface area contributed by atoms with E-state index in [1.807, 2.05) is 42.7 Å². The van der Waals surface area contributed by atoms with E-state index in [1.54, 1.807) is 0 Å². The number of aromatic nitrogens is 2. The lowest BCUT2D eigenvalue weighted by Crippen LogP contribution is -2.18. The molecule has 4 nitrogen and oxygen atoms in total. The van der Waals surface area contributed by atoms with Gasteiger partial charge >= 0.3 is 6.18 Å². The van der Waals surface area contributed by atoms with Gasteiger partial charge in [-0.1, -0.05) is 18.2 Å². The number of nitrogens with zero attached hydrogens (tertiary/aromatic N) is 2. The van der Waals surface area contributed by atoms with Crippen molar-refractivity contribution < 1.29 is 18.0 Å². The number of benzene rings is 1. The molecule has 0 spiro atoms. The number of amides is 1. The molecule has 1 aromatic carbocycles. The zero-order valence-corrected chi connectivity index (χ0v) is 13.7. The van der Waals surface area contributed by atoms with Crippen LogP contribution in [0.3, 0.4) is 0 Å². The first kappa shape index (κ1) is 17.0. The highest BCUT2D eigenvalue weighted by molar-refractivity contribution is 6.08. The molecule has 3 aromatic rings. The summed E-state index contributed by atoms with van der Waals surface area (Å²) in [5.74, 6) is -0.326. The minimum absolute atomic E-state index is 0.0744. The third kappa shape index (κ3) is 3.09. The second kappa shape index (κ2) is 6.23. The summed E-state index contributed by atoms with van der Waals surface area (Å²) in [6.07, 6.45) is -3.75. The Labute approximate surface area is 142 Å². The maximum atomic E-state index is 12.7. The van der Waals surface area contributed by atoms with E-state index in [1.165, 1.54) is 0 Å². The van der Waals surface area contributed by atoms with Gasteiger partial charge in [-0.05, 0) is 37.6 Å². The molecule has 0 radical (unpaired) electrons. The van der Waals surface area contributed by atoms with Crippen LogP contribution >= 0.6 is 0 Å². The van der Waals surface area contributed by atoms with E-state index in [0.29, 0.717) is 18.4 Å².